The van der Waals surface area contributed by atoms with Gasteiger partial charge in [-0.15, -0.1) is 0 Å². The van der Waals surface area contributed by atoms with Crippen LogP contribution in [0, 0.1) is 5.82 Å². The third-order valence-corrected chi connectivity index (χ3v) is 2.39. The second-order valence-corrected chi connectivity index (χ2v) is 3.68. The van der Waals surface area contributed by atoms with Crippen LogP contribution >= 0.6 is 0 Å². The third kappa shape index (κ3) is 3.14. The Balaban J connectivity index is 2.08. The molecule has 0 heterocycles. The van der Waals surface area contributed by atoms with Crippen molar-refractivity contribution in [3.63, 3.8) is 0 Å². The number of rotatable bonds is 3. The lowest BCUT2D eigenvalue weighted by Gasteiger charge is -2.03. The number of halogens is 1. The Labute approximate surface area is 99.8 Å². The summed E-state index contributed by atoms with van der Waals surface area (Å²) in [5, 5.41) is 4.24. The molecule has 0 aliphatic carbocycles. The molecule has 0 spiro atoms. The SMILES string of the molecule is C/C(=N\Nc1ccc(F)cc1)c1ccccc1. The first-order chi connectivity index (χ1) is 8.25. The molecule has 0 saturated heterocycles. The summed E-state index contributed by atoms with van der Waals surface area (Å²) in [7, 11) is 0. The maximum Gasteiger partial charge on any atom is 0.123 e. The van der Waals surface area contributed by atoms with Gasteiger partial charge in [-0.2, -0.15) is 5.10 Å². The Morgan fingerprint density at radius 3 is 2.29 bits per heavy atom. The molecule has 0 unspecified atom stereocenters. The van der Waals surface area contributed by atoms with E-state index < -0.39 is 0 Å². The second kappa shape index (κ2) is 5.25. The van der Waals surface area contributed by atoms with Gasteiger partial charge >= 0.3 is 0 Å². The normalized spacial score (nSPS) is 11.3. The van der Waals surface area contributed by atoms with E-state index in [2.05, 4.69) is 10.5 Å². The van der Waals surface area contributed by atoms with Crippen molar-refractivity contribution in [2.24, 2.45) is 5.10 Å². The summed E-state index contributed by atoms with van der Waals surface area (Å²) in [5.74, 6) is -0.251. The summed E-state index contributed by atoms with van der Waals surface area (Å²) in [6.07, 6.45) is 0. The van der Waals surface area contributed by atoms with Crippen LogP contribution in [0.3, 0.4) is 0 Å². The lowest BCUT2D eigenvalue weighted by molar-refractivity contribution is 0.628. The Morgan fingerprint density at radius 2 is 1.65 bits per heavy atom. The fourth-order valence-electron chi connectivity index (χ4n) is 1.42. The van der Waals surface area contributed by atoms with Crippen LogP contribution in [0.25, 0.3) is 0 Å². The molecule has 0 aromatic heterocycles. The van der Waals surface area contributed by atoms with Crippen LogP contribution in [-0.4, -0.2) is 5.71 Å². The molecule has 2 nitrogen and oxygen atoms in total. The smallest absolute Gasteiger partial charge is 0.123 e. The number of nitrogens with one attached hydrogen (secondary N) is 1. The summed E-state index contributed by atoms with van der Waals surface area (Å²) >= 11 is 0. The first kappa shape index (κ1) is 11.3. The van der Waals surface area contributed by atoms with Crippen molar-refractivity contribution in [2.45, 2.75) is 6.92 Å². The van der Waals surface area contributed by atoms with Crippen LogP contribution in [0.1, 0.15) is 12.5 Å². The summed E-state index contributed by atoms with van der Waals surface area (Å²) in [4.78, 5) is 0. The van der Waals surface area contributed by atoms with E-state index in [-0.39, 0.29) is 5.82 Å². The molecule has 0 aliphatic heterocycles. The van der Waals surface area contributed by atoms with Gasteiger partial charge in [-0.05, 0) is 36.8 Å². The minimum Gasteiger partial charge on any atom is -0.278 e. The fraction of sp³-hybridized carbons (Fsp3) is 0.0714. The molecule has 0 bridgehead atoms. The van der Waals surface area contributed by atoms with Gasteiger partial charge in [-0.3, -0.25) is 5.43 Å². The van der Waals surface area contributed by atoms with Crippen molar-refractivity contribution < 1.29 is 4.39 Å². The molecule has 86 valence electrons. The molecule has 2 rings (SSSR count). The summed E-state index contributed by atoms with van der Waals surface area (Å²) in [5.41, 5.74) is 5.60. The third-order valence-electron chi connectivity index (χ3n) is 2.39. The molecule has 3 heteroatoms. The first-order valence-electron chi connectivity index (χ1n) is 5.37. The lowest BCUT2D eigenvalue weighted by atomic mass is 10.1. The number of nitrogens with zero attached hydrogens (tertiary/aromatic N) is 1. The summed E-state index contributed by atoms with van der Waals surface area (Å²) < 4.78 is 12.7. The zero-order chi connectivity index (χ0) is 12.1. The highest BCUT2D eigenvalue weighted by atomic mass is 19.1. The average Bonchev–Trinajstić information content (AvgIpc) is 2.39. The zero-order valence-corrected chi connectivity index (χ0v) is 9.52. The van der Waals surface area contributed by atoms with E-state index in [1.807, 2.05) is 37.3 Å². The van der Waals surface area contributed by atoms with Gasteiger partial charge < -0.3 is 0 Å². The number of benzene rings is 2. The van der Waals surface area contributed by atoms with Gasteiger partial charge in [0.2, 0.25) is 0 Å². The summed E-state index contributed by atoms with van der Waals surface area (Å²) in [6, 6.07) is 16.0. The molecule has 17 heavy (non-hydrogen) atoms. The minimum atomic E-state index is -0.251. The van der Waals surface area contributed by atoms with Crippen LogP contribution in [-0.2, 0) is 0 Å². The zero-order valence-electron chi connectivity index (χ0n) is 9.52. The van der Waals surface area contributed by atoms with E-state index in [0.29, 0.717) is 0 Å². The van der Waals surface area contributed by atoms with Gasteiger partial charge in [0.15, 0.2) is 0 Å². The van der Waals surface area contributed by atoms with Crippen LogP contribution < -0.4 is 5.43 Å². The van der Waals surface area contributed by atoms with E-state index in [1.165, 1.54) is 12.1 Å². The van der Waals surface area contributed by atoms with Crippen molar-refractivity contribution in [1.29, 1.82) is 0 Å². The highest BCUT2D eigenvalue weighted by molar-refractivity contribution is 5.98. The largest absolute Gasteiger partial charge is 0.278 e. The van der Waals surface area contributed by atoms with Crippen molar-refractivity contribution >= 4 is 11.4 Å². The fourth-order valence-corrected chi connectivity index (χ4v) is 1.42. The topological polar surface area (TPSA) is 24.4 Å². The molecule has 0 radical (unpaired) electrons. The van der Waals surface area contributed by atoms with E-state index in [0.717, 1.165) is 17.0 Å². The van der Waals surface area contributed by atoms with Crippen molar-refractivity contribution in [1.82, 2.24) is 0 Å². The molecule has 0 saturated carbocycles. The van der Waals surface area contributed by atoms with Gasteiger partial charge in [-0.25, -0.2) is 4.39 Å². The average molecular weight is 228 g/mol. The van der Waals surface area contributed by atoms with Crippen molar-refractivity contribution in [3.05, 3.63) is 66.0 Å². The number of hydrogen-bond donors (Lipinski definition) is 1. The lowest BCUT2D eigenvalue weighted by Crippen LogP contribution is -1.99. The van der Waals surface area contributed by atoms with E-state index in [9.17, 15) is 4.39 Å². The predicted octanol–water partition coefficient (Wildman–Crippen LogP) is 3.66. The Morgan fingerprint density at radius 1 is 1.00 bits per heavy atom. The maximum atomic E-state index is 12.7. The maximum absolute atomic E-state index is 12.7. The quantitative estimate of drug-likeness (QED) is 0.629. The van der Waals surface area contributed by atoms with Gasteiger partial charge in [-0.1, -0.05) is 30.3 Å². The van der Waals surface area contributed by atoms with Crippen LogP contribution in [0.5, 0.6) is 0 Å². The van der Waals surface area contributed by atoms with Gasteiger partial charge in [0.25, 0.3) is 0 Å². The molecule has 0 aliphatic rings. The number of hydrogen-bond acceptors (Lipinski definition) is 2. The Bertz CT molecular complexity index is 504. The molecular weight excluding hydrogens is 215 g/mol. The van der Waals surface area contributed by atoms with Crippen molar-refractivity contribution in [2.75, 3.05) is 5.43 Å². The number of hydrazone groups is 1. The molecule has 0 amide bonds. The van der Waals surface area contributed by atoms with Crippen LogP contribution in [0.15, 0.2) is 59.7 Å². The van der Waals surface area contributed by atoms with Gasteiger partial charge in [0, 0.05) is 0 Å². The highest BCUT2D eigenvalue weighted by Gasteiger charge is 1.95. The monoisotopic (exact) mass is 228 g/mol. The van der Waals surface area contributed by atoms with Crippen molar-refractivity contribution in [3.8, 4) is 0 Å². The van der Waals surface area contributed by atoms with Crippen LogP contribution in [0.2, 0.25) is 0 Å². The minimum absolute atomic E-state index is 0.251. The summed E-state index contributed by atoms with van der Waals surface area (Å²) in [6.45, 7) is 1.92. The predicted molar refractivity (Wildman–Crippen MR) is 68.7 cm³/mol. The standard InChI is InChI=1S/C14H13FN2/c1-11(12-5-3-2-4-6-12)16-17-14-9-7-13(15)8-10-14/h2-10,17H,1H3/b16-11+. The van der Waals surface area contributed by atoms with Gasteiger partial charge in [0.1, 0.15) is 5.82 Å². The van der Waals surface area contributed by atoms with E-state index in [1.54, 1.807) is 12.1 Å². The molecule has 1 N–H and O–H groups in total. The highest BCUT2D eigenvalue weighted by Crippen LogP contribution is 2.09. The van der Waals surface area contributed by atoms with E-state index in [4.69, 9.17) is 0 Å². The molecule has 0 atom stereocenters. The Hall–Kier alpha value is -2.16. The Kier molecular flexibility index (Phi) is 3.50. The molecule has 0 fully saturated rings. The number of anilines is 1. The van der Waals surface area contributed by atoms with Crippen LogP contribution in [0.4, 0.5) is 10.1 Å². The van der Waals surface area contributed by atoms with Gasteiger partial charge in [0.05, 0.1) is 11.4 Å². The first-order valence-corrected chi connectivity index (χ1v) is 5.37. The molecular formula is C14H13FN2. The van der Waals surface area contributed by atoms with E-state index >= 15 is 0 Å². The molecule has 2 aromatic carbocycles. The second-order valence-electron chi connectivity index (χ2n) is 3.68. The molecule has 2 aromatic rings.